The van der Waals surface area contributed by atoms with E-state index < -0.39 is 26.9 Å². The first-order valence-corrected chi connectivity index (χ1v) is 17.6. The summed E-state index contributed by atoms with van der Waals surface area (Å²) in [5, 5.41) is 18.1. The Bertz CT molecular complexity index is 2350. The number of fused-ring (bicyclic) bond motifs is 2. The third kappa shape index (κ3) is 6.65. The number of pyridine rings is 1. The van der Waals surface area contributed by atoms with E-state index in [1.807, 2.05) is 24.3 Å². The number of nitro benzene ring substituents is 1. The summed E-state index contributed by atoms with van der Waals surface area (Å²) in [5.41, 5.74) is 2.03. The topological polar surface area (TPSA) is 197 Å². The molecule has 4 aromatic carbocycles. The number of carbonyl (C=O) groups is 4. The molecule has 0 spiro atoms. The fourth-order valence-electron chi connectivity index (χ4n) is 6.43. The first-order valence-electron chi connectivity index (χ1n) is 15.7. The minimum atomic E-state index is -3.67. The molecule has 4 amide bonds. The van der Waals surface area contributed by atoms with Crippen molar-refractivity contribution in [2.24, 2.45) is 0 Å². The van der Waals surface area contributed by atoms with E-state index in [1.165, 1.54) is 17.0 Å². The van der Waals surface area contributed by atoms with E-state index in [9.17, 15) is 37.7 Å². The van der Waals surface area contributed by atoms with Gasteiger partial charge in [-0.3, -0.25) is 48.6 Å². The Morgan fingerprint density at radius 3 is 1.98 bits per heavy atom. The number of rotatable bonds is 10. The molecule has 0 atom stereocenters. The Kier molecular flexibility index (Phi) is 9.38. The largest absolute Gasteiger partial charge is 0.317 e. The fraction of sp³-hybridized carbons (Fsp3) is 0.229. The first-order chi connectivity index (χ1) is 23.8. The van der Waals surface area contributed by atoms with Crippen LogP contribution in [-0.4, -0.2) is 88.7 Å². The molecule has 2 aliphatic heterocycles. The van der Waals surface area contributed by atoms with Crippen LogP contribution in [0.25, 0.3) is 32.4 Å². The van der Waals surface area contributed by atoms with Crippen LogP contribution in [0.1, 0.15) is 60.7 Å². The molecule has 15 heteroatoms. The second kappa shape index (κ2) is 13.7. The van der Waals surface area contributed by atoms with Crippen LogP contribution in [0.15, 0.2) is 72.9 Å². The van der Waals surface area contributed by atoms with Crippen molar-refractivity contribution in [3.8, 4) is 0 Å². The van der Waals surface area contributed by atoms with Gasteiger partial charge in [-0.2, -0.15) is 8.42 Å². The van der Waals surface area contributed by atoms with Gasteiger partial charge in [0.05, 0.1) is 27.8 Å². The minimum Gasteiger partial charge on any atom is -0.317 e. The monoisotopic (exact) mass is 697 g/mol. The Morgan fingerprint density at radius 2 is 1.30 bits per heavy atom. The highest BCUT2D eigenvalue weighted by molar-refractivity contribution is 7.85. The SMILES string of the molecule is CS(=O)(=O)O.O=C1c2cccc3cc([N+](=O)[O-])cc(c23)C(=O)N1CCCCNCCCN1C(=O)c2cccc3c2c(cc2ncccc23)C1=O. The number of hydrogen-bond acceptors (Lipinski definition) is 10. The quantitative estimate of drug-likeness (QED) is 0.0516. The maximum atomic E-state index is 13.4. The lowest BCUT2D eigenvalue weighted by Gasteiger charge is -2.27. The number of nitrogens with zero attached hydrogens (tertiary/aromatic N) is 4. The van der Waals surface area contributed by atoms with Gasteiger partial charge in [0.15, 0.2) is 0 Å². The normalized spacial score (nSPS) is 14.0. The third-order valence-corrected chi connectivity index (χ3v) is 8.54. The van der Waals surface area contributed by atoms with Gasteiger partial charge in [-0.1, -0.05) is 30.3 Å². The van der Waals surface area contributed by atoms with Gasteiger partial charge in [-0.15, -0.1) is 0 Å². The molecule has 2 N–H and O–H groups in total. The summed E-state index contributed by atoms with van der Waals surface area (Å²) in [5.74, 6) is -1.57. The van der Waals surface area contributed by atoms with Crippen molar-refractivity contribution in [3.63, 3.8) is 0 Å². The van der Waals surface area contributed by atoms with Gasteiger partial charge in [-0.25, -0.2) is 0 Å². The van der Waals surface area contributed by atoms with E-state index in [0.717, 1.165) is 15.7 Å². The average molecular weight is 698 g/mol. The number of benzene rings is 4. The Morgan fingerprint density at radius 1 is 0.740 bits per heavy atom. The lowest BCUT2D eigenvalue weighted by Crippen LogP contribution is -2.41. The molecule has 1 aromatic heterocycles. The molecule has 5 aromatic rings. The van der Waals surface area contributed by atoms with Crippen molar-refractivity contribution < 1.29 is 37.1 Å². The zero-order valence-corrected chi connectivity index (χ0v) is 27.6. The molecule has 7 rings (SSSR count). The van der Waals surface area contributed by atoms with Crippen LogP contribution in [0.4, 0.5) is 5.69 Å². The summed E-state index contributed by atoms with van der Waals surface area (Å²) in [6.07, 6.45) is 4.16. The van der Waals surface area contributed by atoms with Crippen molar-refractivity contribution >= 4 is 71.9 Å². The van der Waals surface area contributed by atoms with Gasteiger partial charge in [0.25, 0.3) is 39.4 Å². The summed E-state index contributed by atoms with van der Waals surface area (Å²) >= 11 is 0. The van der Waals surface area contributed by atoms with E-state index in [2.05, 4.69) is 10.3 Å². The van der Waals surface area contributed by atoms with Gasteiger partial charge in [-0.05, 0) is 67.4 Å². The summed E-state index contributed by atoms with van der Waals surface area (Å²) < 4.78 is 25.9. The number of carbonyl (C=O) groups excluding carboxylic acids is 4. The number of amides is 4. The van der Waals surface area contributed by atoms with Crippen LogP contribution in [-0.2, 0) is 10.1 Å². The summed E-state index contributed by atoms with van der Waals surface area (Å²) in [6, 6.07) is 18.6. The molecule has 256 valence electrons. The van der Waals surface area contributed by atoms with E-state index in [1.54, 1.807) is 36.5 Å². The molecule has 0 aliphatic carbocycles. The Hall–Kier alpha value is -5.64. The standard InChI is InChI=1S/C34H27N5O6.CH4O3S/c40-31-24-9-3-7-20-17-21(39(44)45)18-26(29(20)24)33(42)37(31)15-2-1-12-35-13-6-16-38-32(41)25-10-4-8-23-22-11-5-14-36-28(22)19-27(30(23)25)34(38)43;1-5(2,3)4/h3-5,7-11,14,17-19,35H,1-2,6,12-13,15-16H2;1H3,(H,2,3,4). The molecular weight excluding hydrogens is 666 g/mol. The van der Waals surface area contributed by atoms with Crippen molar-refractivity contribution in [2.75, 3.05) is 32.4 Å². The highest BCUT2D eigenvalue weighted by atomic mass is 32.2. The lowest BCUT2D eigenvalue weighted by atomic mass is 9.91. The second-order valence-electron chi connectivity index (χ2n) is 11.9. The predicted molar refractivity (Wildman–Crippen MR) is 185 cm³/mol. The molecule has 0 bridgehead atoms. The van der Waals surface area contributed by atoms with Crippen LogP contribution >= 0.6 is 0 Å². The molecule has 0 saturated heterocycles. The van der Waals surface area contributed by atoms with Crippen LogP contribution in [0.3, 0.4) is 0 Å². The van der Waals surface area contributed by atoms with Crippen LogP contribution < -0.4 is 5.32 Å². The molecule has 2 aliphatic rings. The fourth-order valence-corrected chi connectivity index (χ4v) is 6.43. The average Bonchev–Trinajstić information content (AvgIpc) is 3.08. The van der Waals surface area contributed by atoms with Crippen molar-refractivity contribution in [2.45, 2.75) is 19.3 Å². The predicted octanol–water partition coefficient (Wildman–Crippen LogP) is 4.61. The van der Waals surface area contributed by atoms with Crippen LogP contribution in [0.5, 0.6) is 0 Å². The highest BCUT2D eigenvalue weighted by Gasteiger charge is 2.35. The molecule has 0 saturated carbocycles. The van der Waals surface area contributed by atoms with Crippen molar-refractivity contribution in [3.05, 3.63) is 105 Å². The van der Waals surface area contributed by atoms with Gasteiger partial charge < -0.3 is 5.32 Å². The zero-order valence-electron chi connectivity index (χ0n) is 26.8. The molecule has 0 unspecified atom stereocenters. The van der Waals surface area contributed by atoms with E-state index in [0.29, 0.717) is 77.0 Å². The van der Waals surface area contributed by atoms with E-state index in [-0.39, 0.29) is 36.2 Å². The summed E-state index contributed by atoms with van der Waals surface area (Å²) in [4.78, 5) is 70.8. The van der Waals surface area contributed by atoms with Gasteiger partial charge >= 0.3 is 0 Å². The Balaban J connectivity index is 0.000000808. The smallest absolute Gasteiger partial charge is 0.270 e. The van der Waals surface area contributed by atoms with Gasteiger partial charge in [0.2, 0.25) is 0 Å². The van der Waals surface area contributed by atoms with Gasteiger partial charge in [0, 0.05) is 58.7 Å². The highest BCUT2D eigenvalue weighted by Crippen LogP contribution is 2.35. The van der Waals surface area contributed by atoms with E-state index >= 15 is 0 Å². The molecule has 50 heavy (non-hydrogen) atoms. The van der Waals surface area contributed by atoms with Crippen LogP contribution in [0.2, 0.25) is 0 Å². The number of imide groups is 2. The number of unbranched alkanes of at least 4 members (excludes halogenated alkanes) is 1. The number of non-ortho nitro benzene ring substituents is 1. The van der Waals surface area contributed by atoms with Crippen molar-refractivity contribution in [1.29, 1.82) is 0 Å². The lowest BCUT2D eigenvalue weighted by molar-refractivity contribution is -0.384. The Labute approximate surface area is 285 Å². The number of hydrogen-bond donors (Lipinski definition) is 2. The first kappa shape index (κ1) is 34.2. The summed E-state index contributed by atoms with van der Waals surface area (Å²) in [6.45, 7) is 1.61. The molecular formula is C35H31N5O9S. The van der Waals surface area contributed by atoms with Crippen LogP contribution in [0, 0.1) is 10.1 Å². The minimum absolute atomic E-state index is 0.164. The maximum Gasteiger partial charge on any atom is 0.270 e. The third-order valence-electron chi connectivity index (χ3n) is 8.54. The van der Waals surface area contributed by atoms with Gasteiger partial charge in [0.1, 0.15) is 0 Å². The molecule has 0 radical (unpaired) electrons. The summed E-state index contributed by atoms with van der Waals surface area (Å²) in [7, 11) is -3.67. The zero-order chi connectivity index (χ0) is 35.7. The van der Waals surface area contributed by atoms with E-state index in [4.69, 9.17) is 4.55 Å². The molecule has 3 heterocycles. The molecule has 14 nitrogen and oxygen atoms in total. The number of nitro groups is 1. The molecule has 0 fully saturated rings. The number of aromatic nitrogens is 1. The second-order valence-corrected chi connectivity index (χ2v) is 13.4. The number of nitrogens with one attached hydrogen (secondary N) is 1. The maximum absolute atomic E-state index is 13.4. The van der Waals surface area contributed by atoms with Crippen molar-refractivity contribution in [1.82, 2.24) is 20.1 Å².